The van der Waals surface area contributed by atoms with Crippen molar-refractivity contribution in [3.8, 4) is 0 Å². The van der Waals surface area contributed by atoms with Crippen LogP contribution in [0.4, 0.5) is 5.69 Å². The van der Waals surface area contributed by atoms with Crippen molar-refractivity contribution >= 4 is 23.4 Å². The minimum atomic E-state index is -0.257. The summed E-state index contributed by atoms with van der Waals surface area (Å²) in [7, 11) is 0. The molecule has 92 valence electrons. The van der Waals surface area contributed by atoms with Gasteiger partial charge in [0, 0.05) is 17.1 Å². The Morgan fingerprint density at radius 2 is 2.35 bits per heavy atom. The smallest absolute Gasteiger partial charge is 0.242 e. The van der Waals surface area contributed by atoms with E-state index in [1.165, 1.54) is 4.90 Å². The van der Waals surface area contributed by atoms with Crippen LogP contribution in [0.15, 0.2) is 41.8 Å². The van der Waals surface area contributed by atoms with Crippen molar-refractivity contribution in [2.24, 2.45) is 0 Å². The fourth-order valence-electron chi connectivity index (χ4n) is 1.35. The third kappa shape index (κ3) is 4.53. The summed E-state index contributed by atoms with van der Waals surface area (Å²) in [5, 5.41) is 5.92. The molecular formula is C13H18N2OS. The molecule has 1 aromatic rings. The maximum Gasteiger partial charge on any atom is 0.242 e. The van der Waals surface area contributed by atoms with Crippen LogP contribution in [0.2, 0.25) is 0 Å². The second-order valence-corrected chi connectivity index (χ2v) is 4.51. The quantitative estimate of drug-likeness (QED) is 0.602. The van der Waals surface area contributed by atoms with Crippen molar-refractivity contribution in [1.82, 2.24) is 5.32 Å². The van der Waals surface area contributed by atoms with Gasteiger partial charge in [0.1, 0.15) is 6.04 Å². The molecule has 1 unspecified atom stereocenters. The van der Waals surface area contributed by atoms with Crippen molar-refractivity contribution < 1.29 is 4.79 Å². The van der Waals surface area contributed by atoms with Gasteiger partial charge in [0.15, 0.2) is 0 Å². The summed E-state index contributed by atoms with van der Waals surface area (Å²) >= 11 is 1.68. The van der Waals surface area contributed by atoms with Gasteiger partial charge in [-0.3, -0.25) is 4.79 Å². The summed E-state index contributed by atoms with van der Waals surface area (Å²) in [5.41, 5.74) is 0.957. The van der Waals surface area contributed by atoms with Crippen LogP contribution in [0.5, 0.6) is 0 Å². The number of rotatable bonds is 6. The number of hydrogen-bond acceptors (Lipinski definition) is 3. The lowest BCUT2D eigenvalue weighted by Crippen LogP contribution is -2.37. The molecule has 1 amide bonds. The molecule has 17 heavy (non-hydrogen) atoms. The number of carbonyl (C=O) groups excluding carboxylic acids is 1. The van der Waals surface area contributed by atoms with Gasteiger partial charge in [-0.25, -0.2) is 0 Å². The van der Waals surface area contributed by atoms with Crippen LogP contribution < -0.4 is 10.6 Å². The number of benzene rings is 1. The van der Waals surface area contributed by atoms with Gasteiger partial charge in [0.05, 0.1) is 0 Å². The second-order valence-electron chi connectivity index (χ2n) is 3.63. The first-order valence-corrected chi connectivity index (χ1v) is 6.69. The van der Waals surface area contributed by atoms with Crippen molar-refractivity contribution in [3.63, 3.8) is 0 Å². The van der Waals surface area contributed by atoms with Crippen molar-refractivity contribution in [2.75, 3.05) is 18.1 Å². The first kappa shape index (κ1) is 13.6. The Morgan fingerprint density at radius 3 is 3.00 bits per heavy atom. The van der Waals surface area contributed by atoms with Crippen LogP contribution in [0, 0.1) is 0 Å². The zero-order chi connectivity index (χ0) is 12.7. The van der Waals surface area contributed by atoms with Gasteiger partial charge in [-0.1, -0.05) is 12.1 Å². The van der Waals surface area contributed by atoms with Gasteiger partial charge in [0.2, 0.25) is 5.91 Å². The molecule has 0 aromatic heterocycles. The maximum atomic E-state index is 11.6. The van der Waals surface area contributed by atoms with E-state index in [9.17, 15) is 4.79 Å². The predicted octanol–water partition coefficient (Wildman–Crippen LogP) is 2.51. The van der Waals surface area contributed by atoms with Gasteiger partial charge in [-0.2, -0.15) is 0 Å². The molecule has 1 rings (SSSR count). The first-order valence-electron chi connectivity index (χ1n) is 5.46. The molecule has 2 N–H and O–H groups in total. The molecule has 0 aliphatic carbocycles. The van der Waals surface area contributed by atoms with E-state index in [4.69, 9.17) is 0 Å². The minimum Gasteiger partial charge on any atom is -0.374 e. The summed E-state index contributed by atoms with van der Waals surface area (Å²) in [6.45, 7) is 5.89. The molecule has 1 aromatic carbocycles. The van der Waals surface area contributed by atoms with Gasteiger partial charge in [0.25, 0.3) is 0 Å². The largest absolute Gasteiger partial charge is 0.374 e. The SMILES string of the molecule is C=CCNC(=O)C(C)Nc1cccc(SC)c1. The molecule has 0 spiro atoms. The predicted molar refractivity (Wildman–Crippen MR) is 74.5 cm³/mol. The number of amides is 1. The molecule has 0 bridgehead atoms. The van der Waals surface area contributed by atoms with E-state index < -0.39 is 0 Å². The summed E-state index contributed by atoms with van der Waals surface area (Å²) in [4.78, 5) is 12.8. The van der Waals surface area contributed by atoms with E-state index in [-0.39, 0.29) is 11.9 Å². The highest BCUT2D eigenvalue weighted by atomic mass is 32.2. The lowest BCUT2D eigenvalue weighted by molar-refractivity contribution is -0.121. The Bertz CT molecular complexity index is 393. The first-order chi connectivity index (χ1) is 8.17. The molecule has 0 saturated heterocycles. The standard InChI is InChI=1S/C13H18N2OS/c1-4-8-14-13(16)10(2)15-11-6-5-7-12(9-11)17-3/h4-7,9-10,15H,1,8H2,2-3H3,(H,14,16). The lowest BCUT2D eigenvalue weighted by atomic mass is 10.2. The average molecular weight is 250 g/mol. The van der Waals surface area contributed by atoms with E-state index in [1.807, 2.05) is 37.4 Å². The van der Waals surface area contributed by atoms with Crippen molar-refractivity contribution in [1.29, 1.82) is 0 Å². The number of anilines is 1. The molecule has 4 heteroatoms. The maximum absolute atomic E-state index is 11.6. The zero-order valence-electron chi connectivity index (χ0n) is 10.2. The van der Waals surface area contributed by atoms with Crippen LogP contribution in [0.1, 0.15) is 6.92 Å². The number of thioether (sulfide) groups is 1. The summed E-state index contributed by atoms with van der Waals surface area (Å²) < 4.78 is 0. The average Bonchev–Trinajstić information content (AvgIpc) is 2.36. The minimum absolute atomic E-state index is 0.0283. The van der Waals surface area contributed by atoms with Crippen LogP contribution in [-0.2, 0) is 4.79 Å². The molecule has 0 aliphatic rings. The van der Waals surface area contributed by atoms with E-state index in [2.05, 4.69) is 17.2 Å². The van der Waals surface area contributed by atoms with Gasteiger partial charge in [-0.05, 0) is 31.4 Å². The number of hydrogen-bond donors (Lipinski definition) is 2. The fraction of sp³-hybridized carbons (Fsp3) is 0.308. The Hall–Kier alpha value is -1.42. The molecule has 0 heterocycles. The van der Waals surface area contributed by atoms with Crippen LogP contribution >= 0.6 is 11.8 Å². The molecule has 1 atom stereocenters. The molecular weight excluding hydrogens is 232 g/mol. The van der Waals surface area contributed by atoms with Crippen LogP contribution in [0.25, 0.3) is 0 Å². The van der Waals surface area contributed by atoms with Crippen LogP contribution in [0.3, 0.4) is 0 Å². The van der Waals surface area contributed by atoms with Gasteiger partial charge < -0.3 is 10.6 Å². The van der Waals surface area contributed by atoms with E-state index in [1.54, 1.807) is 17.8 Å². The Balaban J connectivity index is 2.57. The summed E-state index contributed by atoms with van der Waals surface area (Å²) in [6, 6.07) is 7.74. The number of carbonyl (C=O) groups is 1. The monoisotopic (exact) mass is 250 g/mol. The lowest BCUT2D eigenvalue weighted by Gasteiger charge is -2.15. The normalized spacial score (nSPS) is 11.6. The van der Waals surface area contributed by atoms with Crippen molar-refractivity contribution in [3.05, 3.63) is 36.9 Å². The summed E-state index contributed by atoms with van der Waals surface area (Å²) in [6.07, 6.45) is 3.69. The molecule has 0 aliphatic heterocycles. The van der Waals surface area contributed by atoms with E-state index in [0.29, 0.717) is 6.54 Å². The molecule has 0 radical (unpaired) electrons. The topological polar surface area (TPSA) is 41.1 Å². The third-order valence-corrected chi connectivity index (χ3v) is 2.99. The zero-order valence-corrected chi connectivity index (χ0v) is 11.0. The summed E-state index contributed by atoms with van der Waals surface area (Å²) in [5.74, 6) is -0.0283. The molecule has 0 saturated carbocycles. The molecule has 3 nitrogen and oxygen atoms in total. The van der Waals surface area contributed by atoms with E-state index in [0.717, 1.165) is 5.69 Å². The fourth-order valence-corrected chi connectivity index (χ4v) is 1.81. The highest BCUT2D eigenvalue weighted by molar-refractivity contribution is 7.98. The Morgan fingerprint density at radius 1 is 1.59 bits per heavy atom. The highest BCUT2D eigenvalue weighted by Crippen LogP contribution is 2.19. The third-order valence-electron chi connectivity index (χ3n) is 2.27. The van der Waals surface area contributed by atoms with Gasteiger partial charge >= 0.3 is 0 Å². The van der Waals surface area contributed by atoms with Gasteiger partial charge in [-0.15, -0.1) is 18.3 Å². The Kier molecular flexibility index (Phi) is 5.63. The highest BCUT2D eigenvalue weighted by Gasteiger charge is 2.11. The second kappa shape index (κ2) is 7.01. The number of nitrogens with one attached hydrogen (secondary N) is 2. The Labute approximate surface area is 107 Å². The van der Waals surface area contributed by atoms with Crippen LogP contribution in [-0.4, -0.2) is 24.7 Å². The van der Waals surface area contributed by atoms with E-state index >= 15 is 0 Å². The van der Waals surface area contributed by atoms with Crippen molar-refractivity contribution in [2.45, 2.75) is 17.9 Å². The molecule has 0 fully saturated rings.